The number of halogens is 1. The molecule has 0 amide bonds. The summed E-state index contributed by atoms with van der Waals surface area (Å²) in [6.07, 6.45) is 0. The molecule has 0 saturated carbocycles. The first kappa shape index (κ1) is 17.4. The van der Waals surface area contributed by atoms with Gasteiger partial charge in [0, 0.05) is 31.3 Å². The molecule has 2 atom stereocenters. The minimum Gasteiger partial charge on any atom is -0.383 e. The van der Waals surface area contributed by atoms with E-state index in [-0.39, 0.29) is 12.1 Å². The number of rotatable bonds is 8. The molecular weight excluding hydrogens is 272 g/mol. The lowest BCUT2D eigenvalue weighted by atomic mass is 9.98. The lowest BCUT2D eigenvalue weighted by Crippen LogP contribution is -2.43. The molecule has 4 heteroatoms. The van der Waals surface area contributed by atoms with Gasteiger partial charge in [-0.25, -0.2) is 0 Å². The van der Waals surface area contributed by atoms with E-state index >= 15 is 0 Å². The monoisotopic (exact) mass is 298 g/mol. The van der Waals surface area contributed by atoms with Crippen LogP contribution in [0.3, 0.4) is 0 Å². The highest BCUT2D eigenvalue weighted by Gasteiger charge is 2.26. The highest BCUT2D eigenvalue weighted by molar-refractivity contribution is 6.31. The maximum Gasteiger partial charge on any atom is 0.0589 e. The van der Waals surface area contributed by atoms with Crippen LogP contribution in [0.25, 0.3) is 0 Å². The molecule has 0 radical (unpaired) electrons. The van der Waals surface area contributed by atoms with Crippen molar-refractivity contribution in [3.05, 3.63) is 34.9 Å². The van der Waals surface area contributed by atoms with E-state index in [1.807, 2.05) is 25.1 Å². The second kappa shape index (κ2) is 8.63. The van der Waals surface area contributed by atoms with Crippen molar-refractivity contribution >= 4 is 11.6 Å². The summed E-state index contributed by atoms with van der Waals surface area (Å²) in [5, 5.41) is 0.779. The predicted molar refractivity (Wildman–Crippen MR) is 86.1 cm³/mol. The van der Waals surface area contributed by atoms with Crippen LogP contribution >= 0.6 is 11.6 Å². The minimum absolute atomic E-state index is 0.00510. The Morgan fingerprint density at radius 3 is 2.40 bits per heavy atom. The minimum atomic E-state index is 0.00510. The molecule has 3 nitrogen and oxygen atoms in total. The zero-order valence-corrected chi connectivity index (χ0v) is 13.7. The van der Waals surface area contributed by atoms with Gasteiger partial charge in [-0.2, -0.15) is 0 Å². The zero-order valence-electron chi connectivity index (χ0n) is 13.0. The Morgan fingerprint density at radius 2 is 1.90 bits per heavy atom. The second-order valence-corrected chi connectivity index (χ2v) is 6.11. The van der Waals surface area contributed by atoms with Crippen molar-refractivity contribution in [3.63, 3.8) is 0 Å². The van der Waals surface area contributed by atoms with Gasteiger partial charge in [0.2, 0.25) is 0 Å². The smallest absolute Gasteiger partial charge is 0.0589 e. The average molecular weight is 299 g/mol. The van der Waals surface area contributed by atoms with E-state index in [4.69, 9.17) is 22.1 Å². The number of hydrogen-bond donors (Lipinski definition) is 1. The summed E-state index contributed by atoms with van der Waals surface area (Å²) < 4.78 is 5.23. The lowest BCUT2D eigenvalue weighted by Gasteiger charge is -2.36. The Morgan fingerprint density at radius 1 is 1.25 bits per heavy atom. The van der Waals surface area contributed by atoms with Crippen LogP contribution in [0.15, 0.2) is 24.3 Å². The predicted octanol–water partition coefficient (Wildman–Crippen LogP) is 3.33. The van der Waals surface area contributed by atoms with Crippen LogP contribution in [-0.4, -0.2) is 37.7 Å². The van der Waals surface area contributed by atoms with E-state index in [2.05, 4.69) is 24.8 Å². The average Bonchev–Trinajstić information content (AvgIpc) is 2.37. The molecule has 1 rings (SSSR count). The van der Waals surface area contributed by atoms with Gasteiger partial charge >= 0.3 is 0 Å². The van der Waals surface area contributed by atoms with Crippen molar-refractivity contribution in [1.29, 1.82) is 0 Å². The first-order valence-corrected chi connectivity index (χ1v) is 7.58. The van der Waals surface area contributed by atoms with Gasteiger partial charge < -0.3 is 10.5 Å². The van der Waals surface area contributed by atoms with Crippen LogP contribution in [0.4, 0.5) is 0 Å². The van der Waals surface area contributed by atoms with Crippen LogP contribution in [0.2, 0.25) is 5.02 Å². The summed E-state index contributed by atoms with van der Waals surface area (Å²) in [6, 6.07) is 8.07. The van der Waals surface area contributed by atoms with E-state index in [9.17, 15) is 0 Å². The summed E-state index contributed by atoms with van der Waals surface area (Å²) in [6.45, 7) is 8.98. The normalized spacial score (nSPS) is 14.8. The Hall–Kier alpha value is -0.610. The topological polar surface area (TPSA) is 38.5 Å². The largest absolute Gasteiger partial charge is 0.383 e. The molecule has 0 aliphatic rings. The van der Waals surface area contributed by atoms with Crippen molar-refractivity contribution in [1.82, 2.24) is 4.90 Å². The van der Waals surface area contributed by atoms with Crippen LogP contribution in [0, 0.1) is 5.92 Å². The molecule has 2 unspecified atom stereocenters. The number of nitrogens with zero attached hydrogens (tertiary/aromatic N) is 1. The molecule has 20 heavy (non-hydrogen) atoms. The maximum absolute atomic E-state index is 6.36. The fourth-order valence-electron chi connectivity index (χ4n) is 2.55. The third kappa shape index (κ3) is 5.06. The van der Waals surface area contributed by atoms with E-state index in [0.29, 0.717) is 12.5 Å². The van der Waals surface area contributed by atoms with Gasteiger partial charge in [-0.05, 0) is 24.5 Å². The number of hydrogen-bond acceptors (Lipinski definition) is 3. The number of ether oxygens (including phenoxy) is 1. The Balaban J connectivity index is 3.04. The van der Waals surface area contributed by atoms with Crippen LogP contribution in [0.1, 0.15) is 32.4 Å². The Labute approximate surface area is 128 Å². The molecular formula is C16H27ClN2O. The van der Waals surface area contributed by atoms with E-state index in [1.165, 1.54) is 0 Å². The summed E-state index contributed by atoms with van der Waals surface area (Å²) in [7, 11) is 1.73. The first-order valence-electron chi connectivity index (χ1n) is 7.20. The van der Waals surface area contributed by atoms with E-state index in [0.717, 1.165) is 23.7 Å². The van der Waals surface area contributed by atoms with Crippen LogP contribution in [-0.2, 0) is 4.74 Å². The van der Waals surface area contributed by atoms with E-state index in [1.54, 1.807) is 7.11 Å². The molecule has 2 N–H and O–H groups in total. The standard InChI is InChI=1S/C16H27ClN2O/c1-12(2)11-19(9-10-20-4)16(13(3)18)14-7-5-6-8-15(14)17/h5-8,12-13,16H,9-11,18H2,1-4H3. The zero-order chi connectivity index (χ0) is 15.1. The Kier molecular flexibility index (Phi) is 7.52. The molecule has 0 spiro atoms. The molecule has 0 aliphatic carbocycles. The van der Waals surface area contributed by atoms with Crippen molar-refractivity contribution in [2.75, 3.05) is 26.8 Å². The van der Waals surface area contributed by atoms with Crippen molar-refractivity contribution in [3.8, 4) is 0 Å². The third-order valence-corrected chi connectivity index (χ3v) is 3.64. The van der Waals surface area contributed by atoms with Crippen molar-refractivity contribution in [2.24, 2.45) is 11.7 Å². The van der Waals surface area contributed by atoms with Crippen molar-refractivity contribution in [2.45, 2.75) is 32.9 Å². The summed E-state index contributed by atoms with van der Waals surface area (Å²) >= 11 is 6.36. The number of benzene rings is 1. The van der Waals surface area contributed by atoms with Gasteiger partial charge in [0.1, 0.15) is 0 Å². The summed E-state index contributed by atoms with van der Waals surface area (Å²) in [5.74, 6) is 0.565. The molecule has 0 aromatic heterocycles. The maximum atomic E-state index is 6.36. The fourth-order valence-corrected chi connectivity index (χ4v) is 2.80. The summed E-state index contributed by atoms with van der Waals surface area (Å²) in [5.41, 5.74) is 7.34. The van der Waals surface area contributed by atoms with Gasteiger partial charge in [-0.3, -0.25) is 4.90 Å². The molecule has 0 aliphatic heterocycles. The molecule has 114 valence electrons. The SMILES string of the molecule is COCCN(CC(C)C)C(c1ccccc1Cl)C(C)N. The molecule has 0 fully saturated rings. The number of methoxy groups -OCH3 is 1. The van der Waals surface area contributed by atoms with Gasteiger partial charge in [0.15, 0.2) is 0 Å². The van der Waals surface area contributed by atoms with Crippen molar-refractivity contribution < 1.29 is 4.74 Å². The second-order valence-electron chi connectivity index (χ2n) is 5.71. The lowest BCUT2D eigenvalue weighted by molar-refractivity contribution is 0.101. The summed E-state index contributed by atoms with van der Waals surface area (Å²) in [4.78, 5) is 2.38. The Bertz CT molecular complexity index is 396. The van der Waals surface area contributed by atoms with Crippen LogP contribution in [0.5, 0.6) is 0 Å². The molecule has 0 heterocycles. The number of nitrogens with two attached hydrogens (primary N) is 1. The quantitative estimate of drug-likeness (QED) is 0.800. The molecule has 0 saturated heterocycles. The van der Waals surface area contributed by atoms with Gasteiger partial charge in [0.05, 0.1) is 12.6 Å². The molecule has 1 aromatic carbocycles. The third-order valence-electron chi connectivity index (χ3n) is 3.30. The fraction of sp³-hybridized carbons (Fsp3) is 0.625. The highest BCUT2D eigenvalue weighted by Crippen LogP contribution is 2.30. The molecule has 0 bridgehead atoms. The van der Waals surface area contributed by atoms with E-state index < -0.39 is 0 Å². The first-order chi connectivity index (χ1) is 9.47. The highest BCUT2D eigenvalue weighted by atomic mass is 35.5. The van der Waals surface area contributed by atoms with Gasteiger partial charge in [0.25, 0.3) is 0 Å². The van der Waals surface area contributed by atoms with Gasteiger partial charge in [-0.1, -0.05) is 43.6 Å². The van der Waals surface area contributed by atoms with Crippen LogP contribution < -0.4 is 5.73 Å². The molecule has 1 aromatic rings. The van der Waals surface area contributed by atoms with Gasteiger partial charge in [-0.15, -0.1) is 0 Å².